The highest BCUT2D eigenvalue weighted by molar-refractivity contribution is 5.76. The van der Waals surface area contributed by atoms with E-state index in [0.29, 0.717) is 18.5 Å². The molecule has 2 heterocycles. The van der Waals surface area contributed by atoms with E-state index in [0.717, 1.165) is 17.8 Å². The number of fused-ring (bicyclic) bond motifs is 1. The number of aromatic amines is 1. The normalized spacial score (nSPS) is 12.5. The topological polar surface area (TPSA) is 70.7 Å². The van der Waals surface area contributed by atoms with Crippen LogP contribution < -0.4 is 5.32 Å². The number of hydrogen-bond donors (Lipinski definition) is 2. The summed E-state index contributed by atoms with van der Waals surface area (Å²) in [5.74, 6) is 0.913. The fourth-order valence-corrected chi connectivity index (χ4v) is 2.54. The van der Waals surface area contributed by atoms with Crippen molar-refractivity contribution in [2.24, 2.45) is 0 Å². The molecule has 120 valence electrons. The van der Waals surface area contributed by atoms with Crippen LogP contribution in [0.5, 0.6) is 0 Å². The van der Waals surface area contributed by atoms with Gasteiger partial charge in [-0.25, -0.2) is 9.97 Å². The molecule has 1 atom stereocenters. The van der Waals surface area contributed by atoms with E-state index in [4.69, 9.17) is 0 Å². The zero-order chi connectivity index (χ0) is 15.8. The quantitative estimate of drug-likeness (QED) is 0.698. The van der Waals surface area contributed by atoms with Crippen molar-refractivity contribution in [2.75, 3.05) is 0 Å². The van der Waals surface area contributed by atoms with Gasteiger partial charge in [-0.2, -0.15) is 0 Å². The molecule has 0 saturated carbocycles. The molecule has 5 nitrogen and oxygen atoms in total. The monoisotopic (exact) mass is 302 g/mol. The number of imidazole rings is 1. The Hall–Kier alpha value is -1.91. The molecule has 0 saturated heterocycles. The van der Waals surface area contributed by atoms with Crippen molar-refractivity contribution in [1.82, 2.24) is 20.3 Å². The third-order valence-corrected chi connectivity index (χ3v) is 3.79. The number of rotatable bonds is 9. The summed E-state index contributed by atoms with van der Waals surface area (Å²) in [5.41, 5.74) is 1.63. The van der Waals surface area contributed by atoms with Gasteiger partial charge in [0.15, 0.2) is 5.65 Å². The number of nitrogens with zero attached hydrogens (tertiary/aromatic N) is 2. The number of H-pyrrole nitrogens is 1. The van der Waals surface area contributed by atoms with Gasteiger partial charge < -0.3 is 10.3 Å². The van der Waals surface area contributed by atoms with Crippen LogP contribution in [0, 0.1) is 0 Å². The largest absolute Gasteiger partial charge is 0.354 e. The van der Waals surface area contributed by atoms with Gasteiger partial charge in [-0.05, 0) is 25.5 Å². The van der Waals surface area contributed by atoms with Gasteiger partial charge in [-0.1, -0.05) is 32.6 Å². The summed E-state index contributed by atoms with van der Waals surface area (Å²) in [6, 6.07) is 4.07. The first-order chi connectivity index (χ1) is 10.7. The summed E-state index contributed by atoms with van der Waals surface area (Å²) in [4.78, 5) is 23.7. The minimum absolute atomic E-state index is 0.0939. The molecule has 2 rings (SSSR count). The first kappa shape index (κ1) is 16.5. The number of carbonyl (C=O) groups excluding carboxylic acids is 1. The highest BCUT2D eigenvalue weighted by Gasteiger charge is 2.09. The smallest absolute Gasteiger partial charge is 0.220 e. The summed E-state index contributed by atoms with van der Waals surface area (Å²) in [6.07, 6.45) is 8.81. The maximum atomic E-state index is 12.0. The molecule has 0 fully saturated rings. The van der Waals surface area contributed by atoms with Crippen LogP contribution in [0.3, 0.4) is 0 Å². The molecule has 2 aromatic rings. The number of pyridine rings is 1. The maximum absolute atomic E-state index is 12.0. The van der Waals surface area contributed by atoms with Gasteiger partial charge in [0.1, 0.15) is 5.82 Å². The minimum Gasteiger partial charge on any atom is -0.354 e. The van der Waals surface area contributed by atoms with Gasteiger partial charge in [-0.3, -0.25) is 4.79 Å². The maximum Gasteiger partial charge on any atom is 0.220 e. The Morgan fingerprint density at radius 3 is 3.00 bits per heavy atom. The molecule has 2 aromatic heterocycles. The van der Waals surface area contributed by atoms with Crippen LogP contribution >= 0.6 is 0 Å². The van der Waals surface area contributed by atoms with Gasteiger partial charge in [0.05, 0.1) is 5.52 Å². The predicted molar refractivity (Wildman–Crippen MR) is 88.6 cm³/mol. The summed E-state index contributed by atoms with van der Waals surface area (Å²) in [7, 11) is 0. The van der Waals surface area contributed by atoms with Crippen LogP contribution in [0.25, 0.3) is 11.2 Å². The van der Waals surface area contributed by atoms with Crippen molar-refractivity contribution in [3.05, 3.63) is 24.2 Å². The van der Waals surface area contributed by atoms with Crippen molar-refractivity contribution in [1.29, 1.82) is 0 Å². The fourth-order valence-electron chi connectivity index (χ4n) is 2.54. The van der Waals surface area contributed by atoms with Gasteiger partial charge in [0.2, 0.25) is 5.91 Å². The van der Waals surface area contributed by atoms with E-state index < -0.39 is 0 Å². The zero-order valence-electron chi connectivity index (χ0n) is 13.6. The molecule has 0 aliphatic carbocycles. The van der Waals surface area contributed by atoms with E-state index >= 15 is 0 Å². The molecule has 5 heteroatoms. The highest BCUT2D eigenvalue weighted by atomic mass is 16.1. The van der Waals surface area contributed by atoms with Crippen LogP contribution in [0.4, 0.5) is 0 Å². The second-order valence-electron chi connectivity index (χ2n) is 5.88. The Bertz CT molecular complexity index is 560. The number of unbranched alkanes of at least 4 members (excludes halogenated alkanes) is 3. The summed E-state index contributed by atoms with van der Waals surface area (Å²) in [5, 5.41) is 3.06. The number of nitrogens with one attached hydrogen (secondary N) is 2. The van der Waals surface area contributed by atoms with Crippen LogP contribution in [0.15, 0.2) is 18.3 Å². The van der Waals surface area contributed by atoms with Crippen LogP contribution in [0.2, 0.25) is 0 Å². The average molecular weight is 302 g/mol. The van der Waals surface area contributed by atoms with Crippen molar-refractivity contribution in [3.8, 4) is 0 Å². The number of aryl methyl sites for hydroxylation is 1. The molecule has 0 aliphatic rings. The lowest BCUT2D eigenvalue weighted by Gasteiger charge is -2.13. The molecular formula is C17H26N4O. The molecular weight excluding hydrogens is 276 g/mol. The number of aromatic nitrogens is 3. The lowest BCUT2D eigenvalue weighted by molar-refractivity contribution is -0.121. The molecule has 0 spiro atoms. The van der Waals surface area contributed by atoms with Gasteiger partial charge >= 0.3 is 0 Å². The molecule has 1 amide bonds. The standard InChI is InChI=1S/C17H26N4O/c1-3-4-5-6-8-13(2)19-16(22)11-10-15-20-14-9-7-12-18-17(14)21-15/h7,9,12-13H,3-6,8,10-11H2,1-2H3,(H,19,22)(H,18,20,21)/t13-/m0/s1. The van der Waals surface area contributed by atoms with E-state index in [9.17, 15) is 4.79 Å². The molecule has 0 aliphatic heterocycles. The van der Waals surface area contributed by atoms with E-state index in [1.807, 2.05) is 12.1 Å². The second kappa shape index (κ2) is 8.51. The Balaban J connectivity index is 1.70. The van der Waals surface area contributed by atoms with Gasteiger partial charge in [0, 0.05) is 25.1 Å². The molecule has 22 heavy (non-hydrogen) atoms. The predicted octanol–water partition coefficient (Wildman–Crippen LogP) is 3.37. The van der Waals surface area contributed by atoms with Crippen LogP contribution in [-0.4, -0.2) is 26.9 Å². The molecule has 0 radical (unpaired) electrons. The third-order valence-electron chi connectivity index (χ3n) is 3.79. The van der Waals surface area contributed by atoms with E-state index in [1.54, 1.807) is 6.20 Å². The summed E-state index contributed by atoms with van der Waals surface area (Å²) < 4.78 is 0. The van der Waals surface area contributed by atoms with Gasteiger partial charge in [0.25, 0.3) is 0 Å². The number of carbonyl (C=O) groups is 1. The van der Waals surface area contributed by atoms with Crippen molar-refractivity contribution in [2.45, 2.75) is 64.8 Å². The highest BCUT2D eigenvalue weighted by Crippen LogP contribution is 2.09. The number of amides is 1. The van der Waals surface area contributed by atoms with Crippen LogP contribution in [-0.2, 0) is 11.2 Å². The first-order valence-corrected chi connectivity index (χ1v) is 8.28. The molecule has 0 unspecified atom stereocenters. The fraction of sp³-hybridized carbons (Fsp3) is 0.588. The van der Waals surface area contributed by atoms with Crippen LogP contribution in [0.1, 0.15) is 58.2 Å². The summed E-state index contributed by atoms with van der Waals surface area (Å²) >= 11 is 0. The Morgan fingerprint density at radius 1 is 1.36 bits per heavy atom. The average Bonchev–Trinajstić information content (AvgIpc) is 2.92. The molecule has 0 bridgehead atoms. The van der Waals surface area contributed by atoms with Crippen molar-refractivity contribution < 1.29 is 4.79 Å². The lowest BCUT2D eigenvalue weighted by Crippen LogP contribution is -2.32. The second-order valence-corrected chi connectivity index (χ2v) is 5.88. The minimum atomic E-state index is 0.0939. The van der Waals surface area contributed by atoms with E-state index in [2.05, 4.69) is 34.1 Å². The Kier molecular flexibility index (Phi) is 6.37. The number of hydrogen-bond acceptors (Lipinski definition) is 3. The van der Waals surface area contributed by atoms with E-state index in [-0.39, 0.29) is 11.9 Å². The molecule has 0 aromatic carbocycles. The van der Waals surface area contributed by atoms with Crippen molar-refractivity contribution in [3.63, 3.8) is 0 Å². The lowest BCUT2D eigenvalue weighted by atomic mass is 10.1. The Labute approximate surface area is 131 Å². The van der Waals surface area contributed by atoms with Crippen molar-refractivity contribution >= 4 is 17.1 Å². The molecule has 2 N–H and O–H groups in total. The Morgan fingerprint density at radius 2 is 2.23 bits per heavy atom. The SMILES string of the molecule is CCCCCC[C@H](C)NC(=O)CCc1nc2ncccc2[nH]1. The first-order valence-electron chi connectivity index (χ1n) is 8.28. The van der Waals surface area contributed by atoms with Gasteiger partial charge in [-0.15, -0.1) is 0 Å². The third kappa shape index (κ3) is 5.13. The van der Waals surface area contributed by atoms with E-state index in [1.165, 1.54) is 25.7 Å². The zero-order valence-corrected chi connectivity index (χ0v) is 13.6. The summed E-state index contributed by atoms with van der Waals surface area (Å²) in [6.45, 7) is 4.29.